The van der Waals surface area contributed by atoms with Gasteiger partial charge in [-0.25, -0.2) is 0 Å². The third-order valence-electron chi connectivity index (χ3n) is 4.04. The fourth-order valence-corrected chi connectivity index (χ4v) is 3.88. The first kappa shape index (κ1) is 11.2. The Bertz CT molecular complexity index is 158. The average Bonchev–Trinajstić information content (AvgIpc) is 2.30. The molecule has 0 radical (unpaired) electrons. The minimum atomic E-state index is 0.999. The first-order valence-electron chi connectivity index (χ1n) is 6.04. The molecular weight excluding hydrogens is 287 g/mol. The van der Waals surface area contributed by atoms with Crippen LogP contribution in [0, 0.1) is 17.8 Å². The lowest BCUT2D eigenvalue weighted by Crippen LogP contribution is -2.27. The number of hydrogen-bond acceptors (Lipinski definition) is 1. The molecule has 0 aromatic rings. The molecule has 2 aliphatic rings. The van der Waals surface area contributed by atoms with Gasteiger partial charge in [0, 0.05) is 17.6 Å². The highest BCUT2D eigenvalue weighted by Crippen LogP contribution is 2.37. The topological polar surface area (TPSA) is 9.23 Å². The molecule has 2 fully saturated rings. The summed E-state index contributed by atoms with van der Waals surface area (Å²) in [6.07, 6.45) is 8.64. The van der Waals surface area contributed by atoms with Crippen molar-refractivity contribution in [2.75, 3.05) is 17.6 Å². The normalized spacial score (nSPS) is 35.8. The summed E-state index contributed by atoms with van der Waals surface area (Å²) in [7, 11) is 0. The third-order valence-corrected chi connectivity index (χ3v) is 5.29. The highest BCUT2D eigenvalue weighted by atomic mass is 127. The van der Waals surface area contributed by atoms with Gasteiger partial charge in [0.05, 0.1) is 0 Å². The molecule has 1 aliphatic carbocycles. The zero-order valence-corrected chi connectivity index (χ0v) is 11.0. The number of hydrogen-bond donors (Lipinski definition) is 0. The van der Waals surface area contributed by atoms with E-state index in [-0.39, 0.29) is 0 Å². The van der Waals surface area contributed by atoms with Crippen molar-refractivity contribution in [2.45, 2.75) is 38.5 Å². The molecule has 1 aliphatic heterocycles. The van der Waals surface area contributed by atoms with Crippen LogP contribution in [0.1, 0.15) is 38.5 Å². The summed E-state index contributed by atoms with van der Waals surface area (Å²) >= 11 is 2.55. The van der Waals surface area contributed by atoms with Gasteiger partial charge < -0.3 is 4.74 Å². The fraction of sp³-hybridized carbons (Fsp3) is 1.00. The van der Waals surface area contributed by atoms with Crippen LogP contribution in [-0.4, -0.2) is 17.6 Å². The maximum absolute atomic E-state index is 5.43. The molecular formula is C12H21IO. The maximum Gasteiger partial charge on any atom is 0.0468 e. The number of rotatable bonds is 2. The predicted octanol–water partition coefficient (Wildman–Crippen LogP) is 3.65. The summed E-state index contributed by atoms with van der Waals surface area (Å²) in [5, 5.41) is 0. The van der Waals surface area contributed by atoms with Crippen LogP contribution in [0.25, 0.3) is 0 Å². The van der Waals surface area contributed by atoms with Crippen molar-refractivity contribution in [3.05, 3.63) is 0 Å². The Hall–Kier alpha value is 0.690. The third kappa shape index (κ3) is 2.84. The molecule has 0 bridgehead atoms. The molecule has 2 rings (SSSR count). The Morgan fingerprint density at radius 2 is 1.43 bits per heavy atom. The quantitative estimate of drug-likeness (QED) is 0.559. The Balaban J connectivity index is 1.76. The van der Waals surface area contributed by atoms with Crippen LogP contribution in [0.15, 0.2) is 0 Å². The van der Waals surface area contributed by atoms with Crippen molar-refractivity contribution in [2.24, 2.45) is 17.8 Å². The van der Waals surface area contributed by atoms with Crippen molar-refractivity contribution < 1.29 is 4.74 Å². The number of alkyl halides is 1. The van der Waals surface area contributed by atoms with Crippen molar-refractivity contribution >= 4 is 22.6 Å². The molecule has 1 saturated carbocycles. The van der Waals surface area contributed by atoms with Gasteiger partial charge in [0.15, 0.2) is 0 Å². The van der Waals surface area contributed by atoms with E-state index in [4.69, 9.17) is 4.74 Å². The van der Waals surface area contributed by atoms with Crippen molar-refractivity contribution in [1.29, 1.82) is 0 Å². The number of halogens is 1. The van der Waals surface area contributed by atoms with Crippen LogP contribution in [-0.2, 0) is 4.74 Å². The summed E-state index contributed by atoms with van der Waals surface area (Å²) < 4.78 is 6.80. The Kier molecular flexibility index (Phi) is 4.54. The lowest BCUT2D eigenvalue weighted by molar-refractivity contribution is 0.0363. The van der Waals surface area contributed by atoms with Gasteiger partial charge >= 0.3 is 0 Å². The summed E-state index contributed by atoms with van der Waals surface area (Å²) in [4.78, 5) is 0. The molecule has 2 heteroatoms. The lowest BCUT2D eigenvalue weighted by atomic mass is 9.74. The van der Waals surface area contributed by atoms with E-state index in [0.717, 1.165) is 31.0 Å². The highest BCUT2D eigenvalue weighted by molar-refractivity contribution is 14.1. The molecule has 0 atom stereocenters. The van der Waals surface area contributed by atoms with Gasteiger partial charge in [-0.15, -0.1) is 0 Å². The monoisotopic (exact) mass is 308 g/mol. The smallest absolute Gasteiger partial charge is 0.0468 e. The largest absolute Gasteiger partial charge is 0.381 e. The van der Waals surface area contributed by atoms with Gasteiger partial charge in [-0.2, -0.15) is 0 Å². The predicted molar refractivity (Wildman–Crippen MR) is 67.9 cm³/mol. The van der Waals surface area contributed by atoms with Crippen LogP contribution in [0.3, 0.4) is 0 Å². The molecule has 14 heavy (non-hydrogen) atoms. The van der Waals surface area contributed by atoms with Crippen molar-refractivity contribution in [3.8, 4) is 0 Å². The van der Waals surface area contributed by atoms with Gasteiger partial charge in [-0.3, -0.25) is 0 Å². The van der Waals surface area contributed by atoms with Crippen molar-refractivity contribution in [3.63, 3.8) is 0 Å². The Morgan fingerprint density at radius 3 is 2.00 bits per heavy atom. The van der Waals surface area contributed by atoms with E-state index in [1.54, 1.807) is 0 Å². The van der Waals surface area contributed by atoms with E-state index in [9.17, 15) is 0 Å². The zero-order chi connectivity index (χ0) is 9.80. The summed E-state index contributed by atoms with van der Waals surface area (Å²) in [5.41, 5.74) is 0. The molecule has 1 nitrogen and oxygen atoms in total. The average molecular weight is 308 g/mol. The van der Waals surface area contributed by atoms with E-state index >= 15 is 0 Å². The second kappa shape index (κ2) is 5.69. The van der Waals surface area contributed by atoms with E-state index in [2.05, 4.69) is 22.6 Å². The van der Waals surface area contributed by atoms with Gasteiger partial charge in [0.25, 0.3) is 0 Å². The second-order valence-corrected chi connectivity index (χ2v) is 5.77. The van der Waals surface area contributed by atoms with Crippen molar-refractivity contribution in [1.82, 2.24) is 0 Å². The van der Waals surface area contributed by atoms with Crippen LogP contribution < -0.4 is 0 Å². The highest BCUT2D eigenvalue weighted by Gasteiger charge is 2.28. The van der Waals surface area contributed by atoms with E-state index in [0.29, 0.717) is 0 Å². The second-order valence-electron chi connectivity index (χ2n) is 4.88. The summed E-state index contributed by atoms with van der Waals surface area (Å²) in [6, 6.07) is 0. The van der Waals surface area contributed by atoms with Crippen LogP contribution in [0.5, 0.6) is 0 Å². The molecule has 0 aromatic carbocycles. The standard InChI is InChI=1S/C12H21IO/c13-9-10-1-3-11(4-2-10)12-5-7-14-8-6-12/h10-12H,1-9H2. The van der Waals surface area contributed by atoms with Crippen LogP contribution in [0.2, 0.25) is 0 Å². The van der Waals surface area contributed by atoms with E-state index in [1.807, 2.05) is 0 Å². The first-order chi connectivity index (χ1) is 6.90. The molecule has 0 aromatic heterocycles. The van der Waals surface area contributed by atoms with E-state index in [1.165, 1.54) is 43.0 Å². The summed E-state index contributed by atoms with van der Waals surface area (Å²) in [5.74, 6) is 3.07. The zero-order valence-electron chi connectivity index (χ0n) is 8.88. The molecule has 0 unspecified atom stereocenters. The maximum atomic E-state index is 5.43. The SMILES string of the molecule is ICC1CCC(C2CCOCC2)CC1. The van der Waals surface area contributed by atoms with Crippen LogP contribution >= 0.6 is 22.6 Å². The number of ether oxygens (including phenoxy) is 1. The lowest BCUT2D eigenvalue weighted by Gasteiger charge is -2.35. The van der Waals surface area contributed by atoms with Gasteiger partial charge in [-0.1, -0.05) is 22.6 Å². The first-order valence-corrected chi connectivity index (χ1v) is 7.56. The minimum Gasteiger partial charge on any atom is -0.381 e. The molecule has 1 heterocycles. The Morgan fingerprint density at radius 1 is 0.857 bits per heavy atom. The molecule has 0 N–H and O–H groups in total. The Labute approximate surface area is 101 Å². The van der Waals surface area contributed by atoms with Crippen LogP contribution in [0.4, 0.5) is 0 Å². The fourth-order valence-electron chi connectivity index (χ4n) is 3.00. The minimum absolute atomic E-state index is 0.999. The van der Waals surface area contributed by atoms with Gasteiger partial charge in [-0.05, 0) is 56.3 Å². The van der Waals surface area contributed by atoms with E-state index < -0.39 is 0 Å². The van der Waals surface area contributed by atoms with Gasteiger partial charge in [0.1, 0.15) is 0 Å². The molecule has 82 valence electrons. The molecule has 0 amide bonds. The van der Waals surface area contributed by atoms with Gasteiger partial charge in [0.2, 0.25) is 0 Å². The summed E-state index contributed by atoms with van der Waals surface area (Å²) in [6.45, 7) is 2.05. The molecule has 1 saturated heterocycles. The molecule has 0 spiro atoms.